The molecule has 1 aliphatic rings. The summed E-state index contributed by atoms with van der Waals surface area (Å²) >= 11 is 0. The number of anilines is 6. The van der Waals surface area contributed by atoms with Crippen LogP contribution in [0, 0.1) is 0 Å². The molecular weight excluding hydrogens is 667 g/mol. The van der Waals surface area contributed by atoms with Gasteiger partial charge in [-0.05, 0) is 100.0 Å². The first-order valence-electron chi connectivity index (χ1n) is 19.8. The lowest BCUT2D eigenvalue weighted by Gasteiger charge is -2.38. The van der Waals surface area contributed by atoms with Crippen LogP contribution in [0.15, 0.2) is 162 Å². The van der Waals surface area contributed by atoms with Gasteiger partial charge in [-0.3, -0.25) is 0 Å². The second-order valence-corrected chi connectivity index (χ2v) is 16.0. The third-order valence-corrected chi connectivity index (χ3v) is 11.5. The topological polar surface area (TPSA) is 19.6 Å². The molecule has 0 amide bonds. The number of benzene rings is 7. The maximum Gasteiger partial charge on any atom is 0.246 e. The minimum Gasteiger partial charge on any atom is -0.454 e. The molecule has 270 valence electrons. The normalized spacial score (nSPS) is 12.6. The Labute approximate surface area is 325 Å². The van der Waals surface area contributed by atoms with E-state index < -0.39 is 0 Å². The van der Waals surface area contributed by atoms with E-state index in [9.17, 15) is 0 Å². The summed E-state index contributed by atoms with van der Waals surface area (Å²) in [5.74, 6) is 1.30. The van der Waals surface area contributed by atoms with Gasteiger partial charge in [-0.15, -0.1) is 0 Å². The zero-order valence-corrected chi connectivity index (χ0v) is 32.6. The predicted octanol–water partition coefficient (Wildman–Crippen LogP) is 12.7. The van der Waals surface area contributed by atoms with Gasteiger partial charge in [-0.1, -0.05) is 150 Å². The highest BCUT2D eigenvalue weighted by molar-refractivity contribution is 6.98. The highest BCUT2D eigenvalue weighted by atomic mass is 16.3. The molecule has 2 heterocycles. The molecule has 7 aromatic carbocycles. The van der Waals surface area contributed by atoms with Gasteiger partial charge in [0.1, 0.15) is 5.58 Å². The molecule has 1 aromatic heterocycles. The number of hydrogen-bond acceptors (Lipinski definition) is 3. The van der Waals surface area contributed by atoms with E-state index in [4.69, 9.17) is 4.42 Å². The van der Waals surface area contributed by atoms with Gasteiger partial charge in [0, 0.05) is 39.2 Å². The van der Waals surface area contributed by atoms with Crippen LogP contribution in [0.2, 0.25) is 0 Å². The SMILES string of the molecule is CC(C)c1ccc(N2c3ccc(C(C)C)cc3B(c3cccc(C(C)C)c3)c3ccc(N(c4ccccc4)c4cccc5c4oc4ccccc45)cc32)cc1. The maximum absolute atomic E-state index is 6.67. The lowest BCUT2D eigenvalue weighted by atomic mass is 9.35. The Morgan fingerprint density at radius 2 is 1.16 bits per heavy atom. The fraction of sp³-hybridized carbons (Fsp3) is 0.176. The van der Waals surface area contributed by atoms with Crippen LogP contribution in [0.4, 0.5) is 34.1 Å². The van der Waals surface area contributed by atoms with E-state index in [2.05, 4.69) is 203 Å². The Morgan fingerprint density at radius 3 is 1.93 bits per heavy atom. The van der Waals surface area contributed by atoms with Crippen molar-refractivity contribution in [1.29, 1.82) is 0 Å². The molecule has 55 heavy (non-hydrogen) atoms. The molecule has 0 saturated carbocycles. The molecule has 9 rings (SSSR count). The molecule has 3 nitrogen and oxygen atoms in total. The lowest BCUT2D eigenvalue weighted by Crippen LogP contribution is -2.57. The van der Waals surface area contributed by atoms with Crippen molar-refractivity contribution in [2.75, 3.05) is 9.80 Å². The van der Waals surface area contributed by atoms with Gasteiger partial charge in [-0.2, -0.15) is 0 Å². The molecule has 0 unspecified atom stereocenters. The number of fused-ring (bicyclic) bond motifs is 5. The standard InChI is InChI=1S/C51H47BN2O/c1-33(2)36-22-25-41(26-23-36)54-47-29-24-38(35(5)6)31-46(47)52(39-15-12-14-37(30-39)34(3)4)45-28-27-42(32-49(45)54)53(40-16-8-7-9-17-40)48-20-13-19-44-43-18-10-11-21-50(43)55-51(44)48/h7-35H,1-6H3. The Morgan fingerprint density at radius 1 is 0.491 bits per heavy atom. The van der Waals surface area contributed by atoms with Crippen LogP contribution in [0.3, 0.4) is 0 Å². The fourth-order valence-corrected chi connectivity index (χ4v) is 8.43. The Hall–Kier alpha value is -6.00. The van der Waals surface area contributed by atoms with E-state index in [0.717, 1.165) is 44.7 Å². The number of nitrogens with zero attached hydrogens (tertiary/aromatic N) is 2. The highest BCUT2D eigenvalue weighted by Crippen LogP contribution is 2.45. The molecule has 4 heteroatoms. The molecule has 0 saturated heterocycles. The Bertz CT molecular complexity index is 2660. The van der Waals surface area contributed by atoms with E-state index in [1.165, 1.54) is 44.5 Å². The zero-order valence-electron chi connectivity index (χ0n) is 32.6. The summed E-state index contributed by atoms with van der Waals surface area (Å²) < 4.78 is 6.67. The third-order valence-electron chi connectivity index (χ3n) is 11.5. The summed E-state index contributed by atoms with van der Waals surface area (Å²) in [6, 6.07) is 58.2. The molecule has 0 aliphatic carbocycles. The number of rotatable bonds is 8. The summed E-state index contributed by atoms with van der Waals surface area (Å²) in [6.07, 6.45) is 0. The largest absolute Gasteiger partial charge is 0.454 e. The first-order chi connectivity index (χ1) is 26.8. The van der Waals surface area contributed by atoms with E-state index in [1.54, 1.807) is 0 Å². The molecule has 0 atom stereocenters. The van der Waals surface area contributed by atoms with Crippen molar-refractivity contribution in [1.82, 2.24) is 0 Å². The van der Waals surface area contributed by atoms with Crippen LogP contribution in [-0.2, 0) is 0 Å². The highest BCUT2D eigenvalue weighted by Gasteiger charge is 2.36. The smallest absolute Gasteiger partial charge is 0.246 e. The van der Waals surface area contributed by atoms with Crippen molar-refractivity contribution in [3.8, 4) is 0 Å². The Kier molecular flexibility index (Phi) is 8.85. The second kappa shape index (κ2) is 14.0. The predicted molar refractivity (Wildman–Crippen MR) is 236 cm³/mol. The van der Waals surface area contributed by atoms with Crippen molar-refractivity contribution < 1.29 is 4.42 Å². The minimum atomic E-state index is 0.0617. The zero-order chi connectivity index (χ0) is 37.8. The molecule has 0 bridgehead atoms. The summed E-state index contributed by atoms with van der Waals surface area (Å²) in [4.78, 5) is 4.85. The first kappa shape index (κ1) is 34.8. The number of hydrogen-bond donors (Lipinski definition) is 0. The summed E-state index contributed by atoms with van der Waals surface area (Å²) in [5, 5.41) is 2.23. The van der Waals surface area contributed by atoms with Crippen LogP contribution in [0.1, 0.15) is 76.0 Å². The van der Waals surface area contributed by atoms with Crippen molar-refractivity contribution in [3.05, 3.63) is 174 Å². The van der Waals surface area contributed by atoms with Gasteiger partial charge in [-0.25, -0.2) is 0 Å². The second-order valence-electron chi connectivity index (χ2n) is 16.0. The maximum atomic E-state index is 6.67. The van der Waals surface area contributed by atoms with E-state index in [0.29, 0.717) is 17.8 Å². The van der Waals surface area contributed by atoms with Crippen molar-refractivity contribution >= 4 is 79.2 Å². The number of para-hydroxylation sites is 3. The third kappa shape index (κ3) is 6.10. The van der Waals surface area contributed by atoms with Gasteiger partial charge in [0.05, 0.1) is 5.69 Å². The quantitative estimate of drug-likeness (QED) is 0.146. The summed E-state index contributed by atoms with van der Waals surface area (Å²) in [7, 11) is 0. The van der Waals surface area contributed by atoms with Crippen LogP contribution < -0.4 is 26.2 Å². The van der Waals surface area contributed by atoms with Crippen molar-refractivity contribution in [2.24, 2.45) is 0 Å². The molecule has 0 radical (unpaired) electrons. The molecule has 0 spiro atoms. The van der Waals surface area contributed by atoms with Gasteiger partial charge in [0.25, 0.3) is 0 Å². The van der Waals surface area contributed by atoms with Crippen LogP contribution >= 0.6 is 0 Å². The minimum absolute atomic E-state index is 0.0617. The van der Waals surface area contributed by atoms with Gasteiger partial charge >= 0.3 is 0 Å². The summed E-state index contributed by atoms with van der Waals surface area (Å²) in [6.45, 7) is 13.7. The number of furan rings is 1. The molecule has 0 N–H and O–H groups in total. The average molecular weight is 715 g/mol. The van der Waals surface area contributed by atoms with Gasteiger partial charge in [0.2, 0.25) is 6.71 Å². The van der Waals surface area contributed by atoms with Crippen molar-refractivity contribution in [3.63, 3.8) is 0 Å². The van der Waals surface area contributed by atoms with Gasteiger partial charge in [0.15, 0.2) is 5.58 Å². The van der Waals surface area contributed by atoms with E-state index in [1.807, 2.05) is 6.07 Å². The van der Waals surface area contributed by atoms with Crippen LogP contribution in [0.5, 0.6) is 0 Å². The molecule has 1 aliphatic heterocycles. The first-order valence-corrected chi connectivity index (χ1v) is 19.8. The molecular formula is C51H47BN2O. The van der Waals surface area contributed by atoms with E-state index in [-0.39, 0.29) is 6.71 Å². The van der Waals surface area contributed by atoms with Crippen LogP contribution in [0.25, 0.3) is 21.9 Å². The molecule has 8 aromatic rings. The monoisotopic (exact) mass is 714 g/mol. The van der Waals surface area contributed by atoms with Crippen LogP contribution in [-0.4, -0.2) is 6.71 Å². The van der Waals surface area contributed by atoms with Gasteiger partial charge < -0.3 is 14.2 Å². The van der Waals surface area contributed by atoms with Crippen molar-refractivity contribution in [2.45, 2.75) is 59.3 Å². The summed E-state index contributed by atoms with van der Waals surface area (Å²) in [5.41, 5.74) is 16.5. The lowest BCUT2D eigenvalue weighted by molar-refractivity contribution is 0.669. The average Bonchev–Trinajstić information content (AvgIpc) is 3.60. The fourth-order valence-electron chi connectivity index (χ4n) is 8.43. The Balaban J connectivity index is 1.32. The van der Waals surface area contributed by atoms with E-state index >= 15 is 0 Å². The molecule has 0 fully saturated rings.